The lowest BCUT2D eigenvalue weighted by Gasteiger charge is -2.10. The molecule has 0 saturated carbocycles. The number of hydrogen-bond acceptors (Lipinski definition) is 3. The molecule has 0 aliphatic rings. The van der Waals surface area contributed by atoms with Crippen molar-refractivity contribution in [3.05, 3.63) is 63.8 Å². The molecule has 5 nitrogen and oxygen atoms in total. The minimum atomic E-state index is -0.209. The molecule has 1 aromatic heterocycles. The van der Waals surface area contributed by atoms with Crippen LogP contribution in [0.4, 0.5) is 0 Å². The second-order valence-corrected chi connectivity index (χ2v) is 7.70. The summed E-state index contributed by atoms with van der Waals surface area (Å²) in [7, 11) is 0. The minimum Gasteiger partial charge on any atom is -0.506 e. The van der Waals surface area contributed by atoms with Gasteiger partial charge in [0.1, 0.15) is 5.75 Å². The number of fused-ring (bicyclic) bond motifs is 1. The Morgan fingerprint density at radius 3 is 2.39 bits per heavy atom. The third-order valence-electron chi connectivity index (χ3n) is 4.69. The van der Waals surface area contributed by atoms with Gasteiger partial charge in [0.05, 0.1) is 17.0 Å². The molecule has 146 valence electrons. The standard InChI is InChI=1S/C22H23ClN2O3/c1-12(2)24-21(27)10-16-14(4)25(19-11-18(23)20(26)9-17(16)19)22(28)15-7-5-13(3)6-8-15/h5-9,11-12,26H,10H2,1-4H3,(H,24,27). The Morgan fingerprint density at radius 1 is 1.14 bits per heavy atom. The van der Waals surface area contributed by atoms with Crippen molar-refractivity contribution in [3.63, 3.8) is 0 Å². The largest absolute Gasteiger partial charge is 0.506 e. The first kappa shape index (κ1) is 20.0. The molecule has 2 N–H and O–H groups in total. The van der Waals surface area contributed by atoms with Crippen LogP contribution in [0.3, 0.4) is 0 Å². The van der Waals surface area contributed by atoms with Crippen LogP contribution in [0.5, 0.6) is 5.75 Å². The van der Waals surface area contributed by atoms with Crippen molar-refractivity contribution in [2.45, 2.75) is 40.2 Å². The molecule has 3 aromatic rings. The van der Waals surface area contributed by atoms with E-state index in [2.05, 4.69) is 5.32 Å². The number of phenolic OH excluding ortho intramolecular Hbond substituents is 1. The molecule has 1 heterocycles. The van der Waals surface area contributed by atoms with Crippen molar-refractivity contribution in [2.75, 3.05) is 0 Å². The smallest absolute Gasteiger partial charge is 0.262 e. The molecule has 3 rings (SSSR count). The summed E-state index contributed by atoms with van der Waals surface area (Å²) in [5, 5.41) is 13.7. The number of carbonyl (C=O) groups is 2. The summed E-state index contributed by atoms with van der Waals surface area (Å²) in [6.45, 7) is 7.54. The maximum Gasteiger partial charge on any atom is 0.262 e. The number of rotatable bonds is 4. The van der Waals surface area contributed by atoms with Crippen molar-refractivity contribution < 1.29 is 14.7 Å². The van der Waals surface area contributed by atoms with Crippen LogP contribution in [-0.4, -0.2) is 27.5 Å². The zero-order valence-electron chi connectivity index (χ0n) is 16.3. The van der Waals surface area contributed by atoms with Gasteiger partial charge in [0.25, 0.3) is 5.91 Å². The Morgan fingerprint density at radius 2 is 1.79 bits per heavy atom. The van der Waals surface area contributed by atoms with Crippen LogP contribution < -0.4 is 5.32 Å². The Labute approximate surface area is 168 Å². The van der Waals surface area contributed by atoms with Gasteiger partial charge in [-0.25, -0.2) is 0 Å². The molecular formula is C22H23ClN2O3. The molecule has 2 aromatic carbocycles. The maximum atomic E-state index is 13.2. The van der Waals surface area contributed by atoms with Crippen LogP contribution in [0.1, 0.15) is 41.0 Å². The van der Waals surface area contributed by atoms with E-state index in [1.165, 1.54) is 6.07 Å². The number of aryl methyl sites for hydroxylation is 1. The number of phenols is 1. The van der Waals surface area contributed by atoms with Crippen molar-refractivity contribution in [3.8, 4) is 5.75 Å². The summed E-state index contributed by atoms with van der Waals surface area (Å²) >= 11 is 6.11. The predicted octanol–water partition coefficient (Wildman–Crippen LogP) is 4.37. The van der Waals surface area contributed by atoms with Gasteiger partial charge >= 0.3 is 0 Å². The van der Waals surface area contributed by atoms with E-state index in [1.807, 2.05) is 32.9 Å². The van der Waals surface area contributed by atoms with Gasteiger partial charge in [0.15, 0.2) is 0 Å². The van der Waals surface area contributed by atoms with Crippen LogP contribution in [0.2, 0.25) is 5.02 Å². The van der Waals surface area contributed by atoms with E-state index in [0.29, 0.717) is 27.7 Å². The Bertz CT molecular complexity index is 1070. The first-order valence-electron chi connectivity index (χ1n) is 9.12. The number of amides is 1. The highest BCUT2D eigenvalue weighted by molar-refractivity contribution is 6.33. The highest BCUT2D eigenvalue weighted by Crippen LogP contribution is 2.35. The molecule has 28 heavy (non-hydrogen) atoms. The van der Waals surface area contributed by atoms with Gasteiger partial charge in [-0.2, -0.15) is 0 Å². The SMILES string of the molecule is Cc1ccc(C(=O)n2c(C)c(CC(=O)NC(C)C)c3cc(O)c(Cl)cc32)cc1. The fraction of sp³-hybridized carbons (Fsp3) is 0.273. The molecule has 0 aliphatic carbocycles. The van der Waals surface area contributed by atoms with E-state index >= 15 is 0 Å². The van der Waals surface area contributed by atoms with Crippen LogP contribution in [0.15, 0.2) is 36.4 Å². The molecule has 0 unspecified atom stereocenters. The lowest BCUT2D eigenvalue weighted by molar-refractivity contribution is -0.120. The van der Waals surface area contributed by atoms with E-state index in [1.54, 1.807) is 29.7 Å². The number of benzene rings is 2. The van der Waals surface area contributed by atoms with Gasteiger partial charge in [-0.3, -0.25) is 14.2 Å². The number of nitrogens with one attached hydrogen (secondary N) is 1. The van der Waals surface area contributed by atoms with Gasteiger partial charge in [-0.05, 0) is 57.5 Å². The fourth-order valence-corrected chi connectivity index (χ4v) is 3.49. The third kappa shape index (κ3) is 3.76. The Kier molecular flexibility index (Phi) is 5.47. The van der Waals surface area contributed by atoms with Crippen molar-refractivity contribution in [1.82, 2.24) is 9.88 Å². The Balaban J connectivity index is 2.18. The number of aromatic hydroxyl groups is 1. The summed E-state index contributed by atoms with van der Waals surface area (Å²) < 4.78 is 1.56. The average molecular weight is 399 g/mol. The zero-order valence-corrected chi connectivity index (χ0v) is 17.1. The fourth-order valence-electron chi connectivity index (χ4n) is 3.33. The highest BCUT2D eigenvalue weighted by Gasteiger charge is 2.23. The normalized spacial score (nSPS) is 11.2. The van der Waals surface area contributed by atoms with Gasteiger partial charge in [-0.1, -0.05) is 29.3 Å². The highest BCUT2D eigenvalue weighted by atomic mass is 35.5. The maximum absolute atomic E-state index is 13.2. The molecule has 0 spiro atoms. The second-order valence-electron chi connectivity index (χ2n) is 7.29. The van der Waals surface area contributed by atoms with Crippen LogP contribution in [-0.2, 0) is 11.2 Å². The summed E-state index contributed by atoms with van der Waals surface area (Å²) in [6, 6.07) is 10.4. The van der Waals surface area contributed by atoms with Gasteiger partial charge < -0.3 is 10.4 Å². The van der Waals surface area contributed by atoms with Gasteiger partial charge in [-0.15, -0.1) is 0 Å². The first-order valence-corrected chi connectivity index (χ1v) is 9.50. The van der Waals surface area contributed by atoms with E-state index < -0.39 is 0 Å². The lowest BCUT2D eigenvalue weighted by Crippen LogP contribution is -2.31. The molecule has 0 fully saturated rings. The summed E-state index contributed by atoms with van der Waals surface area (Å²) in [6.07, 6.45) is 0.107. The van der Waals surface area contributed by atoms with Crippen molar-refractivity contribution in [2.24, 2.45) is 0 Å². The molecule has 6 heteroatoms. The molecular weight excluding hydrogens is 376 g/mol. The molecule has 0 aliphatic heterocycles. The summed E-state index contributed by atoms with van der Waals surface area (Å²) in [4.78, 5) is 25.6. The average Bonchev–Trinajstić information content (AvgIpc) is 2.86. The molecule has 0 bridgehead atoms. The van der Waals surface area contributed by atoms with E-state index in [4.69, 9.17) is 11.6 Å². The van der Waals surface area contributed by atoms with E-state index in [-0.39, 0.29) is 35.0 Å². The molecule has 0 atom stereocenters. The number of hydrogen-bond donors (Lipinski definition) is 2. The number of nitrogens with zero attached hydrogens (tertiary/aromatic N) is 1. The molecule has 0 radical (unpaired) electrons. The van der Waals surface area contributed by atoms with Crippen LogP contribution in [0, 0.1) is 13.8 Å². The van der Waals surface area contributed by atoms with Gasteiger partial charge in [0, 0.05) is 22.7 Å². The van der Waals surface area contributed by atoms with E-state index in [0.717, 1.165) is 5.56 Å². The van der Waals surface area contributed by atoms with Crippen LogP contribution >= 0.6 is 11.6 Å². The topological polar surface area (TPSA) is 71.3 Å². The zero-order chi connectivity index (χ0) is 20.6. The number of aromatic nitrogens is 1. The molecule has 0 saturated heterocycles. The van der Waals surface area contributed by atoms with Crippen molar-refractivity contribution in [1.29, 1.82) is 0 Å². The second kappa shape index (κ2) is 7.68. The number of halogens is 1. The molecule has 1 amide bonds. The van der Waals surface area contributed by atoms with Crippen LogP contribution in [0.25, 0.3) is 10.9 Å². The monoisotopic (exact) mass is 398 g/mol. The third-order valence-corrected chi connectivity index (χ3v) is 4.99. The predicted molar refractivity (Wildman–Crippen MR) is 111 cm³/mol. The minimum absolute atomic E-state index is 0.0122. The van der Waals surface area contributed by atoms with Gasteiger partial charge in [0.2, 0.25) is 5.91 Å². The van der Waals surface area contributed by atoms with E-state index in [9.17, 15) is 14.7 Å². The Hall–Kier alpha value is -2.79. The quantitative estimate of drug-likeness (QED) is 0.685. The number of carbonyl (C=O) groups excluding carboxylic acids is 2. The van der Waals surface area contributed by atoms with Crippen molar-refractivity contribution >= 4 is 34.3 Å². The summed E-state index contributed by atoms with van der Waals surface area (Å²) in [5.74, 6) is -0.436. The summed E-state index contributed by atoms with van der Waals surface area (Å²) in [5.41, 5.74) is 3.51. The lowest BCUT2D eigenvalue weighted by atomic mass is 10.1. The first-order chi connectivity index (χ1) is 13.2.